The summed E-state index contributed by atoms with van der Waals surface area (Å²) in [6, 6.07) is 37.8. The maximum atomic E-state index is 6.22. The number of nitrogens with one attached hydrogen (secondary N) is 1. The quantitative estimate of drug-likeness (QED) is 0.332. The molecule has 0 atom stereocenters. The second-order valence-electron chi connectivity index (χ2n) is 7.52. The standard InChI is InChI=1S/C28H19NO/c1-2-9-19(10-3-1)20-11-8-12-21(17-20)29-26-18-25-23-14-6-7-16-27(23)30-28(25)24-15-5-4-13-22(24)26/h1-18,29H. The van der Waals surface area contributed by atoms with E-state index in [-0.39, 0.29) is 0 Å². The number of fused-ring (bicyclic) bond motifs is 5. The van der Waals surface area contributed by atoms with Crippen LogP contribution in [0, 0.1) is 0 Å². The van der Waals surface area contributed by atoms with Gasteiger partial charge in [-0.05, 0) is 35.4 Å². The van der Waals surface area contributed by atoms with Crippen molar-refractivity contribution < 1.29 is 4.42 Å². The van der Waals surface area contributed by atoms with Crippen LogP contribution in [-0.2, 0) is 0 Å². The molecule has 0 aliphatic rings. The number of rotatable bonds is 3. The molecule has 1 heterocycles. The van der Waals surface area contributed by atoms with Gasteiger partial charge in [0, 0.05) is 32.9 Å². The molecule has 0 radical (unpaired) electrons. The predicted octanol–water partition coefficient (Wildman–Crippen LogP) is 8.15. The molecule has 0 saturated heterocycles. The van der Waals surface area contributed by atoms with E-state index in [4.69, 9.17) is 4.42 Å². The van der Waals surface area contributed by atoms with E-state index >= 15 is 0 Å². The molecule has 6 aromatic rings. The zero-order valence-corrected chi connectivity index (χ0v) is 16.3. The van der Waals surface area contributed by atoms with Crippen molar-refractivity contribution in [2.75, 3.05) is 5.32 Å². The SMILES string of the molecule is c1ccc(-c2cccc(Nc3cc4c5ccccc5oc4c4ccccc34)c2)cc1. The third-order valence-electron chi connectivity index (χ3n) is 5.63. The molecular formula is C28H19NO. The van der Waals surface area contributed by atoms with Gasteiger partial charge in [-0.1, -0.05) is 84.9 Å². The van der Waals surface area contributed by atoms with Gasteiger partial charge in [-0.15, -0.1) is 0 Å². The average Bonchev–Trinajstić information content (AvgIpc) is 3.19. The molecule has 0 fully saturated rings. The lowest BCUT2D eigenvalue weighted by Gasteiger charge is -2.12. The lowest BCUT2D eigenvalue weighted by atomic mass is 10.0. The van der Waals surface area contributed by atoms with Crippen LogP contribution in [0.1, 0.15) is 0 Å². The fourth-order valence-electron chi connectivity index (χ4n) is 4.21. The van der Waals surface area contributed by atoms with Crippen LogP contribution in [0.3, 0.4) is 0 Å². The minimum atomic E-state index is 0.917. The first kappa shape index (κ1) is 16.9. The van der Waals surface area contributed by atoms with Gasteiger partial charge in [0.15, 0.2) is 0 Å². The topological polar surface area (TPSA) is 25.2 Å². The molecule has 5 aromatic carbocycles. The maximum Gasteiger partial charge on any atom is 0.143 e. The van der Waals surface area contributed by atoms with Gasteiger partial charge in [-0.3, -0.25) is 0 Å². The van der Waals surface area contributed by atoms with Gasteiger partial charge < -0.3 is 9.73 Å². The first-order valence-corrected chi connectivity index (χ1v) is 10.1. The maximum absolute atomic E-state index is 6.22. The van der Waals surface area contributed by atoms with Crippen LogP contribution < -0.4 is 5.32 Å². The van der Waals surface area contributed by atoms with Crippen molar-refractivity contribution in [3.05, 3.63) is 109 Å². The summed E-state index contributed by atoms with van der Waals surface area (Å²) in [6.07, 6.45) is 0. The molecule has 1 N–H and O–H groups in total. The predicted molar refractivity (Wildman–Crippen MR) is 126 cm³/mol. The highest BCUT2D eigenvalue weighted by atomic mass is 16.3. The van der Waals surface area contributed by atoms with Crippen LogP contribution in [0.2, 0.25) is 0 Å². The number of hydrogen-bond acceptors (Lipinski definition) is 2. The third-order valence-corrected chi connectivity index (χ3v) is 5.63. The zero-order valence-electron chi connectivity index (χ0n) is 16.3. The van der Waals surface area contributed by atoms with Crippen LogP contribution in [0.25, 0.3) is 43.8 Å². The molecule has 0 bridgehead atoms. The van der Waals surface area contributed by atoms with Crippen molar-refractivity contribution in [1.82, 2.24) is 0 Å². The molecule has 6 rings (SSSR count). The molecule has 0 unspecified atom stereocenters. The summed E-state index contributed by atoms with van der Waals surface area (Å²) < 4.78 is 6.22. The first-order chi connectivity index (χ1) is 14.9. The Morgan fingerprint density at radius 1 is 0.500 bits per heavy atom. The van der Waals surface area contributed by atoms with E-state index in [0.717, 1.165) is 44.1 Å². The van der Waals surface area contributed by atoms with Crippen molar-refractivity contribution in [3.8, 4) is 11.1 Å². The van der Waals surface area contributed by atoms with Gasteiger partial charge in [-0.25, -0.2) is 0 Å². The van der Waals surface area contributed by atoms with Crippen molar-refractivity contribution in [1.29, 1.82) is 0 Å². The summed E-state index contributed by atoms with van der Waals surface area (Å²) in [5.41, 5.74) is 6.40. The number of para-hydroxylation sites is 1. The van der Waals surface area contributed by atoms with Crippen LogP contribution in [0.15, 0.2) is 114 Å². The van der Waals surface area contributed by atoms with Crippen molar-refractivity contribution in [2.24, 2.45) is 0 Å². The Labute approximate surface area is 174 Å². The lowest BCUT2D eigenvalue weighted by Crippen LogP contribution is -1.92. The lowest BCUT2D eigenvalue weighted by molar-refractivity contribution is 0.672. The molecular weight excluding hydrogens is 366 g/mol. The molecule has 0 saturated carbocycles. The monoisotopic (exact) mass is 385 g/mol. The molecule has 0 aliphatic carbocycles. The van der Waals surface area contributed by atoms with Gasteiger partial charge in [0.25, 0.3) is 0 Å². The number of anilines is 2. The summed E-state index contributed by atoms with van der Waals surface area (Å²) in [5, 5.41) is 8.20. The van der Waals surface area contributed by atoms with Crippen LogP contribution >= 0.6 is 0 Å². The molecule has 2 nitrogen and oxygen atoms in total. The van der Waals surface area contributed by atoms with E-state index in [0.29, 0.717) is 0 Å². The van der Waals surface area contributed by atoms with Crippen LogP contribution in [0.4, 0.5) is 11.4 Å². The molecule has 30 heavy (non-hydrogen) atoms. The van der Waals surface area contributed by atoms with E-state index < -0.39 is 0 Å². The van der Waals surface area contributed by atoms with Crippen molar-refractivity contribution in [2.45, 2.75) is 0 Å². The molecule has 1 aromatic heterocycles. The normalized spacial score (nSPS) is 11.3. The Balaban J connectivity index is 1.53. The van der Waals surface area contributed by atoms with Crippen molar-refractivity contribution >= 4 is 44.1 Å². The summed E-state index contributed by atoms with van der Waals surface area (Å²) in [4.78, 5) is 0. The minimum Gasteiger partial charge on any atom is -0.455 e. The van der Waals surface area contributed by atoms with Crippen LogP contribution in [0.5, 0.6) is 0 Å². The highest BCUT2D eigenvalue weighted by molar-refractivity contribution is 6.18. The van der Waals surface area contributed by atoms with Gasteiger partial charge in [0.05, 0.1) is 0 Å². The summed E-state index contributed by atoms with van der Waals surface area (Å²) in [7, 11) is 0. The highest BCUT2D eigenvalue weighted by Crippen LogP contribution is 2.39. The number of hydrogen-bond donors (Lipinski definition) is 1. The van der Waals surface area contributed by atoms with Gasteiger partial charge in [-0.2, -0.15) is 0 Å². The fourth-order valence-corrected chi connectivity index (χ4v) is 4.21. The Hall–Kier alpha value is -4.04. The van der Waals surface area contributed by atoms with Gasteiger partial charge in [0.1, 0.15) is 11.2 Å². The second-order valence-corrected chi connectivity index (χ2v) is 7.52. The van der Waals surface area contributed by atoms with Crippen LogP contribution in [-0.4, -0.2) is 0 Å². The Bertz CT molecular complexity index is 1510. The molecule has 0 spiro atoms. The van der Waals surface area contributed by atoms with Gasteiger partial charge in [0.2, 0.25) is 0 Å². The van der Waals surface area contributed by atoms with E-state index in [9.17, 15) is 0 Å². The minimum absolute atomic E-state index is 0.917. The largest absolute Gasteiger partial charge is 0.455 e. The van der Waals surface area contributed by atoms with E-state index in [1.165, 1.54) is 11.1 Å². The molecule has 142 valence electrons. The van der Waals surface area contributed by atoms with E-state index in [1.54, 1.807) is 0 Å². The average molecular weight is 385 g/mol. The molecule has 2 heteroatoms. The number of furan rings is 1. The van der Waals surface area contributed by atoms with Crippen molar-refractivity contribution in [3.63, 3.8) is 0 Å². The third kappa shape index (κ3) is 2.73. The smallest absolute Gasteiger partial charge is 0.143 e. The fraction of sp³-hybridized carbons (Fsp3) is 0. The zero-order chi connectivity index (χ0) is 19.9. The summed E-state index contributed by atoms with van der Waals surface area (Å²) in [6.45, 7) is 0. The number of benzene rings is 5. The van der Waals surface area contributed by atoms with E-state index in [1.807, 2.05) is 18.2 Å². The van der Waals surface area contributed by atoms with Gasteiger partial charge >= 0.3 is 0 Å². The summed E-state index contributed by atoms with van der Waals surface area (Å²) >= 11 is 0. The first-order valence-electron chi connectivity index (χ1n) is 10.1. The van der Waals surface area contributed by atoms with E-state index in [2.05, 4.69) is 96.3 Å². The molecule has 0 aliphatic heterocycles. The molecule has 0 amide bonds. The summed E-state index contributed by atoms with van der Waals surface area (Å²) in [5.74, 6) is 0. The highest BCUT2D eigenvalue weighted by Gasteiger charge is 2.13. The Morgan fingerprint density at radius 3 is 2.07 bits per heavy atom. The Kier molecular flexibility index (Phi) is 3.82. The Morgan fingerprint density at radius 2 is 1.20 bits per heavy atom. The second kappa shape index (κ2) is 6.78.